The van der Waals surface area contributed by atoms with Gasteiger partial charge in [0.2, 0.25) is 12.4 Å². The van der Waals surface area contributed by atoms with Gasteiger partial charge in [-0.05, 0) is 27.7 Å². The van der Waals surface area contributed by atoms with Gasteiger partial charge in [0.1, 0.15) is 43.2 Å². The van der Waals surface area contributed by atoms with Crippen molar-refractivity contribution in [2.45, 2.75) is 129 Å². The summed E-state index contributed by atoms with van der Waals surface area (Å²) in [6, 6.07) is 0. The number of rotatable bonds is 6. The highest BCUT2D eigenvalue weighted by Crippen LogP contribution is 2.44. The largest absolute Gasteiger partial charge is 0.463 e. The minimum absolute atomic E-state index is 0.126. The fourth-order valence-electron chi connectivity index (χ4n) is 5.21. The maximum absolute atomic E-state index is 11.4. The third-order valence-electron chi connectivity index (χ3n) is 6.77. The van der Waals surface area contributed by atoms with Crippen LogP contribution < -0.4 is 0 Å². The normalized spacial score (nSPS) is 37.7. The first kappa shape index (κ1) is 34.1. The molecule has 0 radical (unpaired) electrons. The Hall–Kier alpha value is -2.40. The van der Waals surface area contributed by atoms with E-state index in [4.69, 9.17) is 47.4 Å². The molecule has 0 amide bonds. The Balaban J connectivity index is 0.000000238. The van der Waals surface area contributed by atoms with E-state index in [1.165, 1.54) is 20.8 Å². The highest BCUT2D eigenvalue weighted by atomic mass is 16.9. The predicted molar refractivity (Wildman–Crippen MR) is 137 cm³/mol. The molecule has 0 aromatic heterocycles. The summed E-state index contributed by atoms with van der Waals surface area (Å²) in [4.78, 5) is 45.0. The topological polar surface area (TPSA) is 181 Å². The zero-order valence-corrected chi connectivity index (χ0v) is 25.4. The number of aliphatic hydroxyl groups is 1. The smallest absolute Gasteiger partial charge is 0.305 e. The molecule has 0 aromatic carbocycles. The van der Waals surface area contributed by atoms with Crippen LogP contribution in [0.15, 0.2) is 0 Å². The van der Waals surface area contributed by atoms with E-state index in [0.717, 1.165) is 6.92 Å². The summed E-state index contributed by atoms with van der Waals surface area (Å²) in [5.41, 5.74) is 0. The molecular formula is C27H42O15. The summed E-state index contributed by atoms with van der Waals surface area (Å²) < 4.78 is 54.8. The van der Waals surface area contributed by atoms with Crippen LogP contribution >= 0.6 is 0 Å². The van der Waals surface area contributed by atoms with Gasteiger partial charge in [-0.2, -0.15) is 0 Å². The SMILES string of the molecule is CC(=O)OC[C@@H]1OC(OC(C)=O)[C@@H](OC(C)=O)[C@H](OC(C)=O)[C@@H]1C.CC1(C)OC2O[C@@H](CO)[C@H]3OC(C)(C)OC3[C@@H]2O1. The first-order chi connectivity index (χ1) is 19.4. The Bertz CT molecular complexity index is 996. The van der Waals surface area contributed by atoms with E-state index < -0.39 is 78.4 Å². The van der Waals surface area contributed by atoms with Crippen molar-refractivity contribution in [3.8, 4) is 0 Å². The first-order valence-corrected chi connectivity index (χ1v) is 13.7. The third kappa shape index (κ3) is 8.58. The van der Waals surface area contributed by atoms with Crippen LogP contribution in [0.2, 0.25) is 0 Å². The van der Waals surface area contributed by atoms with Crippen molar-refractivity contribution in [2.24, 2.45) is 5.92 Å². The zero-order valence-electron chi connectivity index (χ0n) is 25.4. The van der Waals surface area contributed by atoms with Gasteiger partial charge in [0.25, 0.3) is 0 Å². The molecule has 15 nitrogen and oxygen atoms in total. The Morgan fingerprint density at radius 2 is 1.19 bits per heavy atom. The van der Waals surface area contributed by atoms with E-state index in [1.807, 2.05) is 27.7 Å². The standard InChI is InChI=1S/C15H22O9.C12H20O6/c1-7-12(6-20-8(2)16)24-15(23-11(5)19)14(22-10(4)18)13(7)21-9(3)17;1-11(2)15-7-6(5-13)14-10-9(8(7)16-11)17-12(3,4)18-10/h7,12-15H,6H2,1-5H3;6-10,13H,5H2,1-4H3/t7-,12+,13-,14+,15?;6-,7+,8?,9-,10?/m10/s1. The molecular weight excluding hydrogens is 564 g/mol. The monoisotopic (exact) mass is 606 g/mol. The molecule has 4 aliphatic rings. The third-order valence-corrected chi connectivity index (χ3v) is 6.77. The number of carbonyl (C=O) groups excluding carboxylic acids is 4. The molecule has 0 aromatic rings. The van der Waals surface area contributed by atoms with Crippen LogP contribution in [0.25, 0.3) is 0 Å². The molecule has 0 saturated carbocycles. The van der Waals surface area contributed by atoms with Crippen LogP contribution in [0.4, 0.5) is 0 Å². The van der Waals surface area contributed by atoms with Crippen molar-refractivity contribution in [1.82, 2.24) is 0 Å². The van der Waals surface area contributed by atoms with Crippen molar-refractivity contribution in [3.05, 3.63) is 0 Å². The fraction of sp³-hybridized carbons (Fsp3) is 0.852. The molecule has 4 heterocycles. The van der Waals surface area contributed by atoms with E-state index in [0.29, 0.717) is 0 Å². The average molecular weight is 607 g/mol. The van der Waals surface area contributed by atoms with Gasteiger partial charge in [0.15, 0.2) is 17.9 Å². The van der Waals surface area contributed by atoms with Crippen LogP contribution in [0.1, 0.15) is 62.3 Å². The lowest BCUT2D eigenvalue weighted by atomic mass is 9.90. The molecule has 0 bridgehead atoms. The van der Waals surface area contributed by atoms with Gasteiger partial charge in [-0.25, -0.2) is 0 Å². The van der Waals surface area contributed by atoms with Gasteiger partial charge < -0.3 is 52.5 Å². The Morgan fingerprint density at radius 3 is 1.74 bits per heavy atom. The number of aliphatic hydroxyl groups excluding tert-OH is 1. The molecule has 3 unspecified atom stereocenters. The Labute approximate surface area is 244 Å². The molecule has 0 spiro atoms. The minimum Gasteiger partial charge on any atom is -0.463 e. The highest BCUT2D eigenvalue weighted by Gasteiger charge is 2.60. The van der Waals surface area contributed by atoms with Gasteiger partial charge in [0.05, 0.1) is 6.61 Å². The molecule has 4 fully saturated rings. The second-order valence-corrected chi connectivity index (χ2v) is 11.4. The summed E-state index contributed by atoms with van der Waals surface area (Å²) in [6.45, 7) is 13.5. The van der Waals surface area contributed by atoms with Crippen molar-refractivity contribution < 1.29 is 71.7 Å². The average Bonchev–Trinajstić information content (AvgIpc) is 3.34. The Kier molecular flexibility index (Phi) is 11.0. The van der Waals surface area contributed by atoms with E-state index in [9.17, 15) is 24.3 Å². The molecule has 4 aliphatic heterocycles. The predicted octanol–water partition coefficient (Wildman–Crippen LogP) is 0.712. The second kappa shape index (κ2) is 13.5. The van der Waals surface area contributed by atoms with E-state index in [1.54, 1.807) is 6.92 Å². The second-order valence-electron chi connectivity index (χ2n) is 11.4. The zero-order chi connectivity index (χ0) is 31.6. The molecule has 4 saturated heterocycles. The molecule has 15 heteroatoms. The Morgan fingerprint density at radius 1 is 0.667 bits per heavy atom. The van der Waals surface area contributed by atoms with Gasteiger partial charge in [-0.1, -0.05) is 6.92 Å². The van der Waals surface area contributed by atoms with E-state index >= 15 is 0 Å². The van der Waals surface area contributed by atoms with Crippen LogP contribution in [0.5, 0.6) is 0 Å². The molecule has 10 atom stereocenters. The summed E-state index contributed by atoms with van der Waals surface area (Å²) >= 11 is 0. The van der Waals surface area contributed by atoms with Crippen LogP contribution in [0, 0.1) is 5.92 Å². The molecule has 1 N–H and O–H groups in total. The van der Waals surface area contributed by atoms with E-state index in [2.05, 4.69) is 0 Å². The maximum atomic E-state index is 11.4. The van der Waals surface area contributed by atoms with Crippen LogP contribution in [-0.4, -0.2) is 109 Å². The highest BCUT2D eigenvalue weighted by molar-refractivity contribution is 5.68. The van der Waals surface area contributed by atoms with Crippen LogP contribution in [-0.2, 0) is 66.5 Å². The van der Waals surface area contributed by atoms with Crippen molar-refractivity contribution in [2.75, 3.05) is 13.2 Å². The lowest BCUT2D eigenvalue weighted by Crippen LogP contribution is -2.58. The van der Waals surface area contributed by atoms with Gasteiger partial charge in [-0.15, -0.1) is 0 Å². The maximum Gasteiger partial charge on any atom is 0.305 e. The van der Waals surface area contributed by atoms with Crippen molar-refractivity contribution in [3.63, 3.8) is 0 Å². The number of ether oxygens (including phenoxy) is 10. The van der Waals surface area contributed by atoms with Gasteiger partial charge in [0, 0.05) is 33.6 Å². The van der Waals surface area contributed by atoms with Crippen molar-refractivity contribution >= 4 is 23.9 Å². The lowest BCUT2D eigenvalue weighted by molar-refractivity contribution is -0.286. The number of hydrogen-bond donors (Lipinski definition) is 1. The van der Waals surface area contributed by atoms with Gasteiger partial charge >= 0.3 is 23.9 Å². The van der Waals surface area contributed by atoms with Gasteiger partial charge in [-0.3, -0.25) is 19.2 Å². The summed E-state index contributed by atoms with van der Waals surface area (Å²) in [5.74, 6) is -4.32. The molecule has 4 rings (SSSR count). The van der Waals surface area contributed by atoms with Crippen LogP contribution in [0.3, 0.4) is 0 Å². The summed E-state index contributed by atoms with van der Waals surface area (Å²) in [6.07, 6.45) is -5.95. The number of hydrogen-bond acceptors (Lipinski definition) is 15. The summed E-state index contributed by atoms with van der Waals surface area (Å²) in [5, 5.41) is 9.40. The number of esters is 4. The first-order valence-electron chi connectivity index (χ1n) is 13.7. The van der Waals surface area contributed by atoms with Crippen molar-refractivity contribution in [1.29, 1.82) is 0 Å². The number of carbonyl (C=O) groups is 4. The lowest BCUT2D eigenvalue weighted by Gasteiger charge is -2.43. The molecule has 42 heavy (non-hydrogen) atoms. The number of fused-ring (bicyclic) bond motifs is 3. The quantitative estimate of drug-likeness (QED) is 0.329. The summed E-state index contributed by atoms with van der Waals surface area (Å²) in [7, 11) is 0. The fourth-order valence-corrected chi connectivity index (χ4v) is 5.21. The molecule has 0 aliphatic carbocycles. The minimum atomic E-state index is -1.28. The molecule has 240 valence electrons. The van der Waals surface area contributed by atoms with E-state index in [-0.39, 0.29) is 31.5 Å².